The van der Waals surface area contributed by atoms with E-state index in [0.29, 0.717) is 0 Å². The van der Waals surface area contributed by atoms with E-state index < -0.39 is 28.0 Å². The molecule has 0 saturated carbocycles. The predicted octanol–water partition coefficient (Wildman–Crippen LogP) is 9.62. The normalized spacial score (nSPS) is 13.7. The molecule has 0 bridgehead atoms. The number of hydrogen-bond acceptors (Lipinski definition) is 4. The molecule has 0 aromatic carbocycles. The molecule has 1 amide bonds. The maximum atomic E-state index is 12.4. The molecule has 0 aliphatic heterocycles. The average Bonchev–Trinajstić information content (AvgIpc) is 2.94. The second-order valence-electron chi connectivity index (χ2n) is 12.1. The minimum absolute atomic E-state index is 0.287. The van der Waals surface area contributed by atoms with Crippen molar-refractivity contribution in [2.45, 2.75) is 187 Å². The van der Waals surface area contributed by atoms with Crippen LogP contribution in [0.15, 0.2) is 24.3 Å². The number of allylic oxidation sites excluding steroid dienone is 3. The number of hydrogen-bond donors (Lipinski definition) is 3. The van der Waals surface area contributed by atoms with Gasteiger partial charge < -0.3 is 10.4 Å². The highest BCUT2D eigenvalue weighted by atomic mass is 32.2. The number of aliphatic hydroxyl groups excluding tert-OH is 1. The summed E-state index contributed by atoms with van der Waals surface area (Å²) in [5.41, 5.74) is 0. The average molecular weight is 614 g/mol. The molecule has 42 heavy (non-hydrogen) atoms. The monoisotopic (exact) mass is 613 g/mol. The highest BCUT2D eigenvalue weighted by Gasteiger charge is 2.24. The summed E-state index contributed by atoms with van der Waals surface area (Å²) in [7, 11) is -4.34. The Hall–Kier alpha value is -1.18. The number of rotatable bonds is 31. The Kier molecular flexibility index (Phi) is 29.0. The fourth-order valence-corrected chi connectivity index (χ4v) is 5.94. The van der Waals surface area contributed by atoms with Gasteiger partial charge in [-0.25, -0.2) is 0 Å². The Labute approximate surface area is 260 Å². The number of unbranched alkanes of at least 4 members (excludes halogenated alkanes) is 21. The van der Waals surface area contributed by atoms with Crippen LogP contribution in [-0.4, -0.2) is 41.9 Å². The van der Waals surface area contributed by atoms with Crippen molar-refractivity contribution in [1.82, 2.24) is 5.32 Å². The molecule has 248 valence electrons. The quantitative estimate of drug-likeness (QED) is 0.0410. The zero-order valence-corrected chi connectivity index (χ0v) is 28.2. The van der Waals surface area contributed by atoms with Gasteiger partial charge in [0.2, 0.25) is 5.91 Å². The lowest BCUT2D eigenvalue weighted by molar-refractivity contribution is -0.122. The van der Waals surface area contributed by atoms with Crippen LogP contribution in [0.25, 0.3) is 0 Å². The van der Waals surface area contributed by atoms with Gasteiger partial charge in [0.25, 0.3) is 10.1 Å². The van der Waals surface area contributed by atoms with E-state index in [1.54, 1.807) is 6.08 Å². The van der Waals surface area contributed by atoms with Crippen molar-refractivity contribution in [2.24, 2.45) is 0 Å². The van der Waals surface area contributed by atoms with Crippen LogP contribution >= 0.6 is 0 Å². The third-order valence-electron chi connectivity index (χ3n) is 7.87. The van der Waals surface area contributed by atoms with Gasteiger partial charge in [-0.2, -0.15) is 8.42 Å². The first-order chi connectivity index (χ1) is 20.3. The smallest absolute Gasteiger partial charge is 0.267 e. The summed E-state index contributed by atoms with van der Waals surface area (Å²) < 4.78 is 32.3. The molecule has 7 heteroatoms. The molecule has 6 nitrogen and oxygen atoms in total. The summed E-state index contributed by atoms with van der Waals surface area (Å²) in [6.45, 7) is 4.48. The predicted molar refractivity (Wildman–Crippen MR) is 179 cm³/mol. The van der Waals surface area contributed by atoms with Crippen LogP contribution in [0.3, 0.4) is 0 Å². The van der Waals surface area contributed by atoms with E-state index in [-0.39, 0.29) is 12.3 Å². The summed E-state index contributed by atoms with van der Waals surface area (Å²) in [4.78, 5) is 12.4. The minimum atomic E-state index is -4.34. The Morgan fingerprint density at radius 2 is 1.00 bits per heavy atom. The Morgan fingerprint density at radius 1 is 0.619 bits per heavy atom. The van der Waals surface area contributed by atoms with Crippen LogP contribution in [0, 0.1) is 0 Å². The summed E-state index contributed by atoms with van der Waals surface area (Å²) >= 11 is 0. The van der Waals surface area contributed by atoms with Crippen molar-refractivity contribution in [3.05, 3.63) is 24.3 Å². The molecule has 2 unspecified atom stereocenters. The topological polar surface area (TPSA) is 104 Å². The number of carbonyl (C=O) groups is 1. The Bertz CT molecular complexity index is 765. The van der Waals surface area contributed by atoms with Crippen molar-refractivity contribution >= 4 is 16.0 Å². The van der Waals surface area contributed by atoms with Crippen LogP contribution < -0.4 is 5.32 Å². The molecule has 0 heterocycles. The minimum Gasteiger partial charge on any atom is -0.387 e. The first-order valence-electron chi connectivity index (χ1n) is 17.5. The molecule has 0 aliphatic carbocycles. The van der Waals surface area contributed by atoms with Crippen molar-refractivity contribution in [3.8, 4) is 0 Å². The van der Waals surface area contributed by atoms with E-state index in [0.717, 1.165) is 57.8 Å². The molecule has 3 N–H and O–H groups in total. The second-order valence-corrected chi connectivity index (χ2v) is 13.6. The van der Waals surface area contributed by atoms with Gasteiger partial charge in [0, 0.05) is 6.42 Å². The van der Waals surface area contributed by atoms with Crippen LogP contribution in [0.1, 0.15) is 174 Å². The number of aliphatic hydroxyl groups is 1. The van der Waals surface area contributed by atoms with Crippen LogP contribution in [0.5, 0.6) is 0 Å². The highest BCUT2D eigenvalue weighted by Crippen LogP contribution is 2.13. The van der Waals surface area contributed by atoms with Gasteiger partial charge in [-0.05, 0) is 44.9 Å². The molecule has 0 fully saturated rings. The van der Waals surface area contributed by atoms with Crippen molar-refractivity contribution in [3.63, 3.8) is 0 Å². The summed E-state index contributed by atoms with van der Waals surface area (Å²) in [6.07, 6.45) is 35.8. The van der Waals surface area contributed by atoms with E-state index >= 15 is 0 Å². The van der Waals surface area contributed by atoms with Gasteiger partial charge in [0.15, 0.2) is 0 Å². The van der Waals surface area contributed by atoms with E-state index in [9.17, 15) is 22.9 Å². The fourth-order valence-electron chi connectivity index (χ4n) is 5.21. The summed E-state index contributed by atoms with van der Waals surface area (Å²) in [6, 6.07) is -1.06. The van der Waals surface area contributed by atoms with Crippen molar-refractivity contribution in [1.29, 1.82) is 0 Å². The molecular formula is C35H67NO5S. The number of nitrogens with one attached hydrogen (secondary N) is 1. The molecule has 0 spiro atoms. The first-order valence-corrected chi connectivity index (χ1v) is 19.1. The number of carbonyl (C=O) groups excluding carboxylic acids is 1. The molecule has 0 aromatic rings. The maximum Gasteiger partial charge on any atom is 0.267 e. The third kappa shape index (κ3) is 30.3. The lowest BCUT2D eigenvalue weighted by atomic mass is 10.0. The molecule has 0 radical (unpaired) electrons. The summed E-state index contributed by atoms with van der Waals surface area (Å²) in [5, 5.41) is 13.1. The van der Waals surface area contributed by atoms with Gasteiger partial charge in [-0.15, -0.1) is 0 Å². The van der Waals surface area contributed by atoms with E-state index in [4.69, 9.17) is 0 Å². The SMILES string of the molecule is CCCCCCC/C=C\CCCCCCCC(=O)NC(CS(=O)(=O)O)C(O)/C=C/CCCCCCCCCCCCC. The lowest BCUT2D eigenvalue weighted by Crippen LogP contribution is -2.46. The first kappa shape index (κ1) is 40.8. The van der Waals surface area contributed by atoms with Crippen LogP contribution in [0.4, 0.5) is 0 Å². The lowest BCUT2D eigenvalue weighted by Gasteiger charge is -2.21. The van der Waals surface area contributed by atoms with Gasteiger partial charge in [0.05, 0.1) is 17.9 Å². The molecule has 0 saturated heterocycles. The van der Waals surface area contributed by atoms with Gasteiger partial charge >= 0.3 is 0 Å². The van der Waals surface area contributed by atoms with Crippen LogP contribution in [-0.2, 0) is 14.9 Å². The van der Waals surface area contributed by atoms with Gasteiger partial charge in [-0.3, -0.25) is 9.35 Å². The van der Waals surface area contributed by atoms with E-state index in [1.807, 2.05) is 6.08 Å². The van der Waals surface area contributed by atoms with Crippen LogP contribution in [0.2, 0.25) is 0 Å². The largest absolute Gasteiger partial charge is 0.387 e. The van der Waals surface area contributed by atoms with Crippen molar-refractivity contribution < 1.29 is 22.9 Å². The number of amides is 1. The fraction of sp³-hybridized carbons (Fsp3) is 0.857. The Morgan fingerprint density at radius 3 is 1.43 bits per heavy atom. The Balaban J connectivity index is 4.03. The molecule has 0 aliphatic rings. The second kappa shape index (κ2) is 29.9. The molecular weight excluding hydrogens is 546 g/mol. The molecule has 0 rings (SSSR count). The standard InChI is InChI=1S/C35H67NO5S/c1-3-5-7-9-11-13-15-17-19-21-23-25-27-29-31-35(38)36-33(32-42(39,40)41)34(37)30-28-26-24-22-20-18-16-14-12-10-8-6-4-2/h15,17,28,30,33-34,37H,3-14,16,18-27,29,31-32H2,1-2H3,(H,36,38)(H,39,40,41)/b17-15-,30-28+. The van der Waals surface area contributed by atoms with Gasteiger partial charge in [-0.1, -0.05) is 147 Å². The van der Waals surface area contributed by atoms with Crippen molar-refractivity contribution in [2.75, 3.05) is 5.75 Å². The molecule has 2 atom stereocenters. The summed E-state index contributed by atoms with van der Waals surface area (Å²) in [5.74, 6) is -0.988. The zero-order chi connectivity index (χ0) is 31.2. The highest BCUT2D eigenvalue weighted by molar-refractivity contribution is 7.85. The van der Waals surface area contributed by atoms with E-state index in [1.165, 1.54) is 96.3 Å². The third-order valence-corrected chi connectivity index (χ3v) is 8.65. The van der Waals surface area contributed by atoms with E-state index in [2.05, 4.69) is 31.3 Å². The zero-order valence-electron chi connectivity index (χ0n) is 27.4. The maximum absolute atomic E-state index is 12.4. The molecule has 0 aromatic heterocycles. The van der Waals surface area contributed by atoms with Gasteiger partial charge in [0.1, 0.15) is 0 Å².